The molecule has 0 aliphatic carbocycles. The Bertz CT molecular complexity index is 1060. The van der Waals surface area contributed by atoms with E-state index in [0.717, 1.165) is 18.8 Å². The molecule has 162 valence electrons. The molecule has 3 aromatic rings. The maximum Gasteiger partial charge on any atom is 0.234 e. The van der Waals surface area contributed by atoms with Gasteiger partial charge < -0.3 is 25.0 Å². The number of aromatic amines is 1. The van der Waals surface area contributed by atoms with Crippen molar-refractivity contribution in [2.24, 2.45) is 0 Å². The molecule has 2 fully saturated rings. The summed E-state index contributed by atoms with van der Waals surface area (Å²) in [4.78, 5) is 15.7. The normalized spacial score (nSPS) is 20.7. The number of aromatic nitrogens is 5. The Morgan fingerprint density at radius 3 is 2.90 bits per heavy atom. The minimum absolute atomic E-state index is 0.179. The maximum absolute atomic E-state index is 13.2. The average molecular weight is 426 g/mol. The maximum atomic E-state index is 13.2. The molecule has 0 spiro atoms. The highest BCUT2D eigenvalue weighted by Gasteiger charge is 2.40. The van der Waals surface area contributed by atoms with Gasteiger partial charge in [-0.1, -0.05) is 0 Å². The standard InChI is InChI=1S/C20H23FN8O2/c1-11(15-4-3-12(21)8-22-15)23-16-6-18(29-9-14-5-13(29)10-31-14)26-20(24-16)25-17-7-19(30-2)28-27-17/h3-4,6-8,11,13-14H,5,9-10H2,1-2H3,(H3,23,24,25,26,27,28)/t11-,13?,14?/m0/s1. The number of nitrogens with zero attached hydrogens (tertiary/aromatic N) is 5. The van der Waals surface area contributed by atoms with E-state index in [0.29, 0.717) is 41.8 Å². The first-order valence-electron chi connectivity index (χ1n) is 10.1. The van der Waals surface area contributed by atoms with Gasteiger partial charge in [0, 0.05) is 18.7 Å². The number of hydrogen-bond acceptors (Lipinski definition) is 9. The fraction of sp³-hybridized carbons (Fsp3) is 0.400. The summed E-state index contributed by atoms with van der Waals surface area (Å²) >= 11 is 0. The van der Waals surface area contributed by atoms with Crippen molar-refractivity contribution in [2.45, 2.75) is 31.5 Å². The van der Waals surface area contributed by atoms with Gasteiger partial charge in [0.05, 0.1) is 43.8 Å². The molecule has 2 bridgehead atoms. The van der Waals surface area contributed by atoms with Gasteiger partial charge in [0.1, 0.15) is 23.3 Å². The van der Waals surface area contributed by atoms with Gasteiger partial charge in [-0.3, -0.25) is 10.1 Å². The minimum Gasteiger partial charge on any atom is -0.480 e. The molecule has 2 aliphatic heterocycles. The second-order valence-corrected chi connectivity index (χ2v) is 7.65. The third kappa shape index (κ3) is 4.08. The molecule has 10 nitrogen and oxygen atoms in total. The highest BCUT2D eigenvalue weighted by molar-refractivity contribution is 5.59. The highest BCUT2D eigenvalue weighted by Crippen LogP contribution is 2.33. The fourth-order valence-electron chi connectivity index (χ4n) is 3.92. The van der Waals surface area contributed by atoms with Gasteiger partial charge in [0.15, 0.2) is 0 Å². The second-order valence-electron chi connectivity index (χ2n) is 7.65. The smallest absolute Gasteiger partial charge is 0.234 e. The molecule has 2 aliphatic rings. The van der Waals surface area contributed by atoms with Crippen LogP contribution >= 0.6 is 0 Å². The lowest BCUT2D eigenvalue weighted by Gasteiger charge is -2.28. The average Bonchev–Trinajstić information content (AvgIpc) is 3.51. The largest absolute Gasteiger partial charge is 0.480 e. The molecule has 0 amide bonds. The summed E-state index contributed by atoms with van der Waals surface area (Å²) in [6.45, 7) is 3.45. The summed E-state index contributed by atoms with van der Waals surface area (Å²) in [6.07, 6.45) is 2.45. The first kappa shape index (κ1) is 19.5. The number of H-pyrrole nitrogens is 1. The Labute approximate surface area is 178 Å². The Morgan fingerprint density at radius 1 is 1.32 bits per heavy atom. The van der Waals surface area contributed by atoms with Crippen molar-refractivity contribution in [1.82, 2.24) is 25.1 Å². The number of pyridine rings is 1. The number of methoxy groups -OCH3 is 1. The summed E-state index contributed by atoms with van der Waals surface area (Å²) < 4.78 is 24.1. The predicted molar refractivity (Wildman–Crippen MR) is 112 cm³/mol. The van der Waals surface area contributed by atoms with Crippen LogP contribution in [0.5, 0.6) is 5.88 Å². The van der Waals surface area contributed by atoms with Crippen molar-refractivity contribution in [2.75, 3.05) is 35.8 Å². The molecule has 5 heterocycles. The molecular formula is C20H23FN8O2. The molecule has 3 aromatic heterocycles. The molecule has 0 radical (unpaired) electrons. The lowest BCUT2D eigenvalue weighted by atomic mass is 10.2. The number of hydrogen-bond donors (Lipinski definition) is 3. The van der Waals surface area contributed by atoms with Gasteiger partial charge in [-0.05, 0) is 25.5 Å². The first-order valence-corrected chi connectivity index (χ1v) is 10.1. The highest BCUT2D eigenvalue weighted by atomic mass is 19.1. The summed E-state index contributed by atoms with van der Waals surface area (Å²) in [6, 6.07) is 6.82. The van der Waals surface area contributed by atoms with Gasteiger partial charge in [-0.2, -0.15) is 9.97 Å². The second kappa shape index (κ2) is 7.99. The number of ether oxygens (including phenoxy) is 2. The summed E-state index contributed by atoms with van der Waals surface area (Å²) in [5.74, 6) is 2.55. The topological polar surface area (TPSA) is 113 Å². The minimum atomic E-state index is -0.368. The van der Waals surface area contributed by atoms with Gasteiger partial charge >= 0.3 is 0 Å². The molecular weight excluding hydrogens is 403 g/mol. The first-order chi connectivity index (χ1) is 15.1. The predicted octanol–water partition coefficient (Wildman–Crippen LogP) is 2.64. The van der Waals surface area contributed by atoms with Gasteiger partial charge in [-0.15, -0.1) is 5.10 Å². The molecule has 5 rings (SSSR count). The van der Waals surface area contributed by atoms with Gasteiger partial charge in [-0.25, -0.2) is 4.39 Å². The zero-order chi connectivity index (χ0) is 21.4. The number of nitrogens with one attached hydrogen (secondary N) is 3. The van der Waals surface area contributed by atoms with Crippen molar-refractivity contribution in [3.05, 3.63) is 42.0 Å². The number of morpholine rings is 1. The number of halogens is 1. The summed E-state index contributed by atoms with van der Waals surface area (Å²) in [5.41, 5.74) is 0.711. The van der Waals surface area contributed by atoms with Crippen LogP contribution in [0.2, 0.25) is 0 Å². The van der Waals surface area contributed by atoms with Crippen LogP contribution in [0.4, 0.5) is 27.8 Å². The lowest BCUT2D eigenvalue weighted by Crippen LogP contribution is -2.37. The quantitative estimate of drug-likeness (QED) is 0.525. The number of anilines is 4. The third-order valence-electron chi connectivity index (χ3n) is 5.48. The molecule has 2 saturated heterocycles. The van der Waals surface area contributed by atoms with Crippen LogP contribution in [0.1, 0.15) is 25.1 Å². The Morgan fingerprint density at radius 2 is 2.23 bits per heavy atom. The van der Waals surface area contributed by atoms with E-state index in [1.165, 1.54) is 12.3 Å². The summed E-state index contributed by atoms with van der Waals surface area (Å²) in [5, 5.41) is 13.4. The van der Waals surface area contributed by atoms with Crippen LogP contribution in [-0.4, -0.2) is 57.6 Å². The number of rotatable bonds is 7. The van der Waals surface area contributed by atoms with E-state index in [1.807, 2.05) is 13.0 Å². The van der Waals surface area contributed by atoms with Crippen LogP contribution < -0.4 is 20.3 Å². The molecule has 3 N–H and O–H groups in total. The molecule has 3 atom stereocenters. The monoisotopic (exact) mass is 426 g/mol. The molecule has 0 aromatic carbocycles. The zero-order valence-electron chi connectivity index (χ0n) is 17.2. The van der Waals surface area contributed by atoms with E-state index in [2.05, 4.69) is 35.7 Å². The molecule has 0 saturated carbocycles. The molecule has 11 heteroatoms. The fourth-order valence-corrected chi connectivity index (χ4v) is 3.92. The van der Waals surface area contributed by atoms with Crippen LogP contribution in [0.25, 0.3) is 0 Å². The zero-order valence-corrected chi connectivity index (χ0v) is 17.2. The van der Waals surface area contributed by atoms with E-state index in [1.54, 1.807) is 19.2 Å². The van der Waals surface area contributed by atoms with Crippen LogP contribution in [0, 0.1) is 5.82 Å². The van der Waals surface area contributed by atoms with Gasteiger partial charge in [0.2, 0.25) is 11.8 Å². The summed E-state index contributed by atoms with van der Waals surface area (Å²) in [7, 11) is 1.55. The van der Waals surface area contributed by atoms with Crippen LogP contribution in [0.3, 0.4) is 0 Å². The van der Waals surface area contributed by atoms with E-state index in [9.17, 15) is 4.39 Å². The SMILES string of the molecule is COc1cc(Nc2nc(N[C@@H](C)c3ccc(F)cn3)cc(N3CC4CC3CO4)n2)[nH]n1. The van der Waals surface area contributed by atoms with E-state index >= 15 is 0 Å². The third-order valence-corrected chi connectivity index (χ3v) is 5.48. The number of fused-ring (bicyclic) bond motifs is 2. The Kier molecular flexibility index (Phi) is 5.02. The van der Waals surface area contributed by atoms with Crippen molar-refractivity contribution >= 4 is 23.4 Å². The van der Waals surface area contributed by atoms with Crippen molar-refractivity contribution < 1.29 is 13.9 Å². The molecule has 2 unspecified atom stereocenters. The van der Waals surface area contributed by atoms with Crippen molar-refractivity contribution in [3.63, 3.8) is 0 Å². The van der Waals surface area contributed by atoms with Gasteiger partial charge in [0.25, 0.3) is 0 Å². The van der Waals surface area contributed by atoms with Crippen molar-refractivity contribution in [3.8, 4) is 5.88 Å². The lowest BCUT2D eigenvalue weighted by molar-refractivity contribution is 0.0989. The Hall–Kier alpha value is -3.47. The van der Waals surface area contributed by atoms with E-state index < -0.39 is 0 Å². The van der Waals surface area contributed by atoms with Crippen molar-refractivity contribution in [1.29, 1.82) is 0 Å². The van der Waals surface area contributed by atoms with E-state index in [-0.39, 0.29) is 18.0 Å². The van der Waals surface area contributed by atoms with Crippen LogP contribution in [-0.2, 0) is 4.74 Å². The van der Waals surface area contributed by atoms with E-state index in [4.69, 9.17) is 14.5 Å². The molecule has 31 heavy (non-hydrogen) atoms. The van der Waals surface area contributed by atoms with Crippen LogP contribution in [0.15, 0.2) is 30.5 Å². The Balaban J connectivity index is 1.42.